The smallest absolute Gasteiger partial charge is 0.277 e. The van der Waals surface area contributed by atoms with Crippen LogP contribution in [-0.2, 0) is 9.59 Å². The number of carbonyl (C=O) groups excluding carboxylic acids is 2. The van der Waals surface area contributed by atoms with Crippen molar-refractivity contribution in [1.29, 1.82) is 0 Å². The Labute approximate surface area is 135 Å². The predicted molar refractivity (Wildman–Crippen MR) is 80.8 cm³/mol. The molecule has 120 valence electrons. The van der Waals surface area contributed by atoms with Crippen LogP contribution in [0, 0.1) is 0 Å². The van der Waals surface area contributed by atoms with Gasteiger partial charge in [-0.15, -0.1) is 5.11 Å². The van der Waals surface area contributed by atoms with E-state index in [0.29, 0.717) is 24.0 Å². The summed E-state index contributed by atoms with van der Waals surface area (Å²) in [6.07, 6.45) is 0. The Morgan fingerprint density at radius 3 is 2.45 bits per heavy atom. The molecule has 0 aromatic carbocycles. The first kappa shape index (κ1) is 16.8. The highest BCUT2D eigenvalue weighted by Crippen LogP contribution is 2.24. The topological polar surface area (TPSA) is 111 Å². The van der Waals surface area contributed by atoms with Gasteiger partial charge in [-0.2, -0.15) is 14.5 Å². The Morgan fingerprint density at radius 1 is 1.27 bits per heavy atom. The fourth-order valence-electron chi connectivity index (χ4n) is 1.92. The second-order valence-electron chi connectivity index (χ2n) is 4.16. The number of nitrogens with zero attached hydrogens (tertiary/aromatic N) is 6. The maximum Gasteiger partial charge on any atom is 0.277 e. The van der Waals surface area contributed by atoms with Crippen LogP contribution in [0.5, 0.6) is 0 Å². The molecule has 1 saturated heterocycles. The summed E-state index contributed by atoms with van der Waals surface area (Å²) < 4.78 is 4.04. The van der Waals surface area contributed by atoms with E-state index < -0.39 is 6.04 Å². The summed E-state index contributed by atoms with van der Waals surface area (Å²) >= 11 is 2.32. The van der Waals surface area contributed by atoms with Crippen LogP contribution in [0.4, 0.5) is 5.13 Å². The molecule has 0 radical (unpaired) electrons. The van der Waals surface area contributed by atoms with Gasteiger partial charge in [-0.05, 0) is 13.8 Å². The van der Waals surface area contributed by atoms with Crippen molar-refractivity contribution < 1.29 is 14.7 Å². The maximum atomic E-state index is 12.1. The summed E-state index contributed by atoms with van der Waals surface area (Å²) in [6.45, 7) is 4.44. The zero-order valence-electron chi connectivity index (χ0n) is 12.2. The SMILES string of the molecule is CCN1C(=O)C(N=Nc2nc(SCCO)ns2)C(=O)N1CC. The van der Waals surface area contributed by atoms with Gasteiger partial charge in [-0.25, -0.2) is 10.0 Å². The van der Waals surface area contributed by atoms with E-state index in [0.717, 1.165) is 11.5 Å². The van der Waals surface area contributed by atoms with Gasteiger partial charge in [0, 0.05) is 30.4 Å². The molecule has 0 saturated carbocycles. The molecular formula is C11H16N6O3S2. The molecule has 11 heteroatoms. The van der Waals surface area contributed by atoms with E-state index in [1.54, 1.807) is 13.8 Å². The Kier molecular flexibility index (Phi) is 5.80. The van der Waals surface area contributed by atoms with Gasteiger partial charge < -0.3 is 5.11 Å². The summed E-state index contributed by atoms with van der Waals surface area (Å²) in [5.74, 6) is -0.265. The summed E-state index contributed by atoms with van der Waals surface area (Å²) in [6, 6.07) is -1.14. The summed E-state index contributed by atoms with van der Waals surface area (Å²) in [7, 11) is 0. The van der Waals surface area contributed by atoms with E-state index >= 15 is 0 Å². The van der Waals surface area contributed by atoms with Crippen molar-refractivity contribution in [2.24, 2.45) is 10.2 Å². The number of aromatic nitrogens is 2. The lowest BCUT2D eigenvalue weighted by atomic mass is 10.3. The molecule has 0 bridgehead atoms. The van der Waals surface area contributed by atoms with E-state index in [1.807, 2.05) is 0 Å². The summed E-state index contributed by atoms with van der Waals surface area (Å²) in [5.41, 5.74) is 0. The first-order valence-corrected chi connectivity index (χ1v) is 8.49. The molecule has 1 aromatic heterocycles. The Morgan fingerprint density at radius 2 is 1.91 bits per heavy atom. The quantitative estimate of drug-likeness (QED) is 0.443. The molecule has 0 atom stereocenters. The van der Waals surface area contributed by atoms with Gasteiger partial charge in [-0.3, -0.25) is 9.59 Å². The summed E-state index contributed by atoms with van der Waals surface area (Å²) in [4.78, 5) is 28.3. The normalized spacial score (nSPS) is 16.5. The lowest BCUT2D eigenvalue weighted by Crippen LogP contribution is -2.40. The van der Waals surface area contributed by atoms with Crippen molar-refractivity contribution >= 4 is 40.2 Å². The molecule has 2 rings (SSSR count). The number of hydrazine groups is 1. The number of thioether (sulfide) groups is 1. The summed E-state index contributed by atoms with van der Waals surface area (Å²) in [5, 5.41) is 19.9. The predicted octanol–water partition coefficient (Wildman–Crippen LogP) is 0.700. The van der Waals surface area contributed by atoms with Crippen molar-refractivity contribution in [3.05, 3.63) is 0 Å². The minimum absolute atomic E-state index is 0.0332. The number of likely N-dealkylation sites (N-methyl/N-ethyl adjacent to an activating group) is 2. The van der Waals surface area contributed by atoms with Gasteiger partial charge in [0.15, 0.2) is 0 Å². The van der Waals surface area contributed by atoms with Crippen molar-refractivity contribution in [2.75, 3.05) is 25.4 Å². The highest BCUT2D eigenvalue weighted by Gasteiger charge is 2.44. The van der Waals surface area contributed by atoms with E-state index in [2.05, 4.69) is 19.6 Å². The number of carbonyl (C=O) groups is 2. The second kappa shape index (κ2) is 7.61. The highest BCUT2D eigenvalue weighted by molar-refractivity contribution is 7.99. The average molecular weight is 344 g/mol. The van der Waals surface area contributed by atoms with Gasteiger partial charge in [-0.1, -0.05) is 11.8 Å². The number of amides is 2. The largest absolute Gasteiger partial charge is 0.396 e. The van der Waals surface area contributed by atoms with Gasteiger partial charge in [0.05, 0.1) is 6.61 Å². The fraction of sp³-hybridized carbons (Fsp3) is 0.636. The molecule has 0 spiro atoms. The molecule has 1 fully saturated rings. The van der Waals surface area contributed by atoms with Gasteiger partial charge in [0.2, 0.25) is 16.3 Å². The van der Waals surface area contributed by atoms with Crippen LogP contribution < -0.4 is 0 Å². The zero-order valence-corrected chi connectivity index (χ0v) is 13.8. The molecule has 1 aromatic rings. The van der Waals surface area contributed by atoms with Crippen LogP contribution in [0.25, 0.3) is 0 Å². The standard InChI is InChI=1S/C11H16N6O3S2/c1-3-16-8(19)7(9(20)17(16)4-2)13-14-10-12-11(15-22-10)21-6-5-18/h7,18H,3-6H2,1-2H3. The molecular weight excluding hydrogens is 328 g/mol. The zero-order chi connectivity index (χ0) is 16.1. The van der Waals surface area contributed by atoms with E-state index in [-0.39, 0.29) is 23.6 Å². The number of aliphatic hydroxyl groups is 1. The second-order valence-corrected chi connectivity index (χ2v) is 5.95. The van der Waals surface area contributed by atoms with E-state index in [9.17, 15) is 9.59 Å². The first-order valence-electron chi connectivity index (χ1n) is 6.73. The number of azo groups is 1. The third-order valence-electron chi connectivity index (χ3n) is 2.84. The number of hydrogen-bond acceptors (Lipinski definition) is 9. The van der Waals surface area contributed by atoms with Crippen LogP contribution in [-0.4, -0.2) is 67.8 Å². The lowest BCUT2D eigenvalue weighted by Gasteiger charge is -2.24. The van der Waals surface area contributed by atoms with Crippen molar-refractivity contribution in [2.45, 2.75) is 25.0 Å². The molecule has 2 heterocycles. The van der Waals surface area contributed by atoms with Gasteiger partial charge in [0.25, 0.3) is 11.8 Å². The average Bonchev–Trinajstić information content (AvgIpc) is 3.06. The molecule has 0 aliphatic carbocycles. The van der Waals surface area contributed by atoms with Crippen molar-refractivity contribution in [3.63, 3.8) is 0 Å². The van der Waals surface area contributed by atoms with Crippen molar-refractivity contribution in [1.82, 2.24) is 19.4 Å². The minimum atomic E-state index is -1.14. The molecule has 2 amide bonds. The Balaban J connectivity index is 2.07. The van der Waals surface area contributed by atoms with E-state index in [1.165, 1.54) is 21.8 Å². The first-order chi connectivity index (χ1) is 10.6. The van der Waals surface area contributed by atoms with Crippen LogP contribution in [0.15, 0.2) is 15.4 Å². The number of aliphatic hydroxyl groups excluding tert-OH is 1. The van der Waals surface area contributed by atoms with Crippen LogP contribution >= 0.6 is 23.3 Å². The highest BCUT2D eigenvalue weighted by atomic mass is 32.2. The molecule has 0 unspecified atom stereocenters. The van der Waals surface area contributed by atoms with E-state index in [4.69, 9.17) is 5.11 Å². The van der Waals surface area contributed by atoms with Gasteiger partial charge >= 0.3 is 0 Å². The number of hydrogen-bond donors (Lipinski definition) is 1. The van der Waals surface area contributed by atoms with Crippen LogP contribution in [0.1, 0.15) is 13.8 Å². The third kappa shape index (κ3) is 3.42. The molecule has 9 nitrogen and oxygen atoms in total. The maximum absolute atomic E-state index is 12.1. The Bertz CT molecular complexity index is 556. The van der Waals surface area contributed by atoms with Gasteiger partial charge in [0.1, 0.15) is 0 Å². The molecule has 1 N–H and O–H groups in total. The lowest BCUT2D eigenvalue weighted by molar-refractivity contribution is -0.145. The minimum Gasteiger partial charge on any atom is -0.396 e. The third-order valence-corrected chi connectivity index (χ3v) is 4.39. The monoisotopic (exact) mass is 344 g/mol. The van der Waals surface area contributed by atoms with Crippen molar-refractivity contribution in [3.8, 4) is 0 Å². The Hall–Kier alpha value is -1.59. The fourth-order valence-corrected chi connectivity index (χ4v) is 3.14. The molecule has 1 aliphatic heterocycles. The molecule has 1 aliphatic rings. The number of rotatable bonds is 7. The molecule has 22 heavy (non-hydrogen) atoms. The van der Waals surface area contributed by atoms with Crippen LogP contribution in [0.3, 0.4) is 0 Å². The van der Waals surface area contributed by atoms with Crippen LogP contribution in [0.2, 0.25) is 0 Å².